The van der Waals surface area contributed by atoms with E-state index in [0.717, 1.165) is 4.90 Å². The number of nitrogens with zero attached hydrogens (tertiary/aromatic N) is 1. The fraction of sp³-hybridized carbons (Fsp3) is 0.786. The van der Waals surface area contributed by atoms with Crippen molar-refractivity contribution in [1.29, 1.82) is 0 Å². The summed E-state index contributed by atoms with van der Waals surface area (Å²) in [6.07, 6.45) is 0.530. The molecule has 1 aliphatic rings. The van der Waals surface area contributed by atoms with Crippen LogP contribution in [0.15, 0.2) is 0 Å². The lowest BCUT2D eigenvalue weighted by atomic mass is 9.91. The number of esters is 1. The second kappa shape index (κ2) is 5.42. The summed E-state index contributed by atoms with van der Waals surface area (Å²) in [6.45, 7) is 10.5. The van der Waals surface area contributed by atoms with E-state index in [1.807, 2.05) is 13.8 Å². The molecule has 1 aliphatic heterocycles. The third kappa shape index (κ3) is 3.95. The van der Waals surface area contributed by atoms with Crippen molar-refractivity contribution in [2.75, 3.05) is 6.54 Å². The van der Waals surface area contributed by atoms with Gasteiger partial charge in [-0.2, -0.15) is 0 Å². The molecule has 1 N–H and O–H groups in total. The van der Waals surface area contributed by atoms with Crippen LogP contribution in [0, 0.1) is 5.92 Å². The van der Waals surface area contributed by atoms with Gasteiger partial charge in [-0.25, -0.2) is 4.79 Å². The predicted octanol–water partition coefficient (Wildman–Crippen LogP) is 1.68. The van der Waals surface area contributed by atoms with Crippen molar-refractivity contribution in [3.05, 3.63) is 0 Å². The molecule has 1 saturated heterocycles. The Labute approximate surface area is 119 Å². The maximum absolute atomic E-state index is 12.3. The average Bonchev–Trinajstić information content (AvgIpc) is 2.38. The van der Waals surface area contributed by atoms with E-state index < -0.39 is 23.1 Å². The molecule has 20 heavy (non-hydrogen) atoms. The van der Waals surface area contributed by atoms with Gasteiger partial charge in [-0.15, -0.1) is 0 Å². The first kappa shape index (κ1) is 16.5. The van der Waals surface area contributed by atoms with Gasteiger partial charge in [0.05, 0.1) is 0 Å². The summed E-state index contributed by atoms with van der Waals surface area (Å²) in [5, 5.41) is 2.66. The van der Waals surface area contributed by atoms with Crippen LogP contribution in [0.4, 0.5) is 4.79 Å². The molecular formula is C14H24N2O4. The van der Waals surface area contributed by atoms with E-state index in [0.29, 0.717) is 6.42 Å². The van der Waals surface area contributed by atoms with E-state index in [1.165, 1.54) is 0 Å². The highest BCUT2D eigenvalue weighted by atomic mass is 16.6. The Morgan fingerprint density at radius 3 is 2.35 bits per heavy atom. The number of carbonyl (C=O) groups excluding carboxylic acids is 3. The van der Waals surface area contributed by atoms with E-state index in [4.69, 9.17) is 4.74 Å². The number of rotatable bonds is 4. The van der Waals surface area contributed by atoms with Gasteiger partial charge in [-0.3, -0.25) is 14.5 Å². The van der Waals surface area contributed by atoms with Gasteiger partial charge in [0.2, 0.25) is 0 Å². The van der Waals surface area contributed by atoms with Gasteiger partial charge in [0.25, 0.3) is 5.91 Å². The van der Waals surface area contributed by atoms with Crippen LogP contribution >= 0.6 is 0 Å². The summed E-state index contributed by atoms with van der Waals surface area (Å²) in [4.78, 5) is 36.8. The number of amides is 3. The minimum Gasteiger partial charge on any atom is -0.459 e. The van der Waals surface area contributed by atoms with Crippen LogP contribution < -0.4 is 5.32 Å². The molecule has 0 saturated carbocycles. The highest BCUT2D eigenvalue weighted by Crippen LogP contribution is 2.25. The molecule has 114 valence electrons. The molecule has 1 heterocycles. The molecule has 0 unspecified atom stereocenters. The Hall–Kier alpha value is -1.59. The smallest absolute Gasteiger partial charge is 0.326 e. The van der Waals surface area contributed by atoms with Gasteiger partial charge in [-0.05, 0) is 40.0 Å². The fourth-order valence-corrected chi connectivity index (χ4v) is 2.35. The van der Waals surface area contributed by atoms with Crippen molar-refractivity contribution in [3.63, 3.8) is 0 Å². The minimum atomic E-state index is -0.937. The molecule has 1 atom stereocenters. The Morgan fingerprint density at radius 2 is 1.90 bits per heavy atom. The van der Waals surface area contributed by atoms with Crippen molar-refractivity contribution in [2.45, 2.75) is 59.1 Å². The van der Waals surface area contributed by atoms with Gasteiger partial charge in [0.15, 0.2) is 0 Å². The minimum absolute atomic E-state index is 0.255. The highest BCUT2D eigenvalue weighted by Gasteiger charge is 2.48. The first-order chi connectivity index (χ1) is 8.94. The normalized spacial score (nSPS) is 23.2. The number of urea groups is 1. The van der Waals surface area contributed by atoms with Crippen molar-refractivity contribution < 1.29 is 19.1 Å². The van der Waals surface area contributed by atoms with Gasteiger partial charge < -0.3 is 10.1 Å². The van der Waals surface area contributed by atoms with Crippen molar-refractivity contribution in [2.24, 2.45) is 5.92 Å². The van der Waals surface area contributed by atoms with Gasteiger partial charge >= 0.3 is 12.0 Å². The van der Waals surface area contributed by atoms with Gasteiger partial charge in [0, 0.05) is 0 Å². The van der Waals surface area contributed by atoms with Crippen molar-refractivity contribution in [1.82, 2.24) is 10.2 Å². The Kier molecular flexibility index (Phi) is 4.46. The molecule has 3 amide bonds. The maximum Gasteiger partial charge on any atom is 0.326 e. The molecule has 6 heteroatoms. The molecule has 0 radical (unpaired) electrons. The summed E-state index contributed by atoms with van der Waals surface area (Å²) >= 11 is 0. The lowest BCUT2D eigenvalue weighted by Gasteiger charge is -2.24. The summed E-state index contributed by atoms with van der Waals surface area (Å²) in [5.41, 5.74) is -1.58. The first-order valence-electron chi connectivity index (χ1n) is 6.80. The number of ether oxygens (including phenoxy) is 1. The summed E-state index contributed by atoms with van der Waals surface area (Å²) in [5.74, 6) is -0.706. The topological polar surface area (TPSA) is 75.7 Å². The van der Waals surface area contributed by atoms with Crippen LogP contribution in [0.5, 0.6) is 0 Å². The first-order valence-corrected chi connectivity index (χ1v) is 6.80. The number of hydrogen-bond donors (Lipinski definition) is 1. The lowest BCUT2D eigenvalue weighted by molar-refractivity contribution is -0.157. The molecule has 0 aliphatic carbocycles. The Morgan fingerprint density at radius 1 is 1.35 bits per heavy atom. The number of hydrogen-bond acceptors (Lipinski definition) is 4. The van der Waals surface area contributed by atoms with E-state index in [2.05, 4.69) is 5.32 Å². The van der Waals surface area contributed by atoms with Crippen LogP contribution in [0.3, 0.4) is 0 Å². The number of carbonyl (C=O) groups is 3. The molecule has 0 aromatic carbocycles. The van der Waals surface area contributed by atoms with E-state index in [-0.39, 0.29) is 18.4 Å². The summed E-state index contributed by atoms with van der Waals surface area (Å²) < 4.78 is 5.13. The summed E-state index contributed by atoms with van der Waals surface area (Å²) in [6, 6.07) is -0.538. The SMILES string of the molecule is CC(C)C[C@]1(C)NC(=O)N(CC(=O)OC(C)(C)C)C1=O. The van der Waals surface area contributed by atoms with Crippen LogP contribution in [0.25, 0.3) is 0 Å². The molecule has 1 fully saturated rings. The zero-order valence-corrected chi connectivity index (χ0v) is 13.1. The monoisotopic (exact) mass is 284 g/mol. The quantitative estimate of drug-likeness (QED) is 0.629. The highest BCUT2D eigenvalue weighted by molar-refractivity contribution is 6.08. The van der Waals surface area contributed by atoms with Crippen LogP contribution in [0.1, 0.15) is 48.0 Å². The molecule has 0 spiro atoms. The predicted molar refractivity (Wildman–Crippen MR) is 73.9 cm³/mol. The second-order valence-corrected chi connectivity index (χ2v) is 6.84. The van der Waals surface area contributed by atoms with Gasteiger partial charge in [-0.1, -0.05) is 13.8 Å². The molecule has 1 rings (SSSR count). The number of nitrogens with one attached hydrogen (secondary N) is 1. The lowest BCUT2D eigenvalue weighted by Crippen LogP contribution is -2.45. The van der Waals surface area contributed by atoms with Gasteiger partial charge in [0.1, 0.15) is 17.7 Å². The molecular weight excluding hydrogens is 260 g/mol. The van der Waals surface area contributed by atoms with Crippen LogP contribution in [0.2, 0.25) is 0 Å². The van der Waals surface area contributed by atoms with Crippen LogP contribution in [-0.4, -0.2) is 40.5 Å². The zero-order valence-electron chi connectivity index (χ0n) is 13.1. The van der Waals surface area contributed by atoms with Crippen molar-refractivity contribution >= 4 is 17.9 Å². The third-order valence-corrected chi connectivity index (χ3v) is 2.87. The van der Waals surface area contributed by atoms with E-state index in [1.54, 1.807) is 27.7 Å². The Balaban J connectivity index is 2.75. The second-order valence-electron chi connectivity index (χ2n) is 6.84. The standard InChI is InChI=1S/C14H24N2O4/c1-9(2)7-14(6)11(18)16(12(19)15-14)8-10(17)20-13(3,4)5/h9H,7-8H2,1-6H3,(H,15,19)/t14-/m0/s1. The largest absolute Gasteiger partial charge is 0.459 e. The Bertz CT molecular complexity index is 425. The molecule has 0 aromatic rings. The third-order valence-electron chi connectivity index (χ3n) is 2.87. The maximum atomic E-state index is 12.3. The zero-order chi connectivity index (χ0) is 15.7. The van der Waals surface area contributed by atoms with E-state index >= 15 is 0 Å². The van der Waals surface area contributed by atoms with Crippen molar-refractivity contribution in [3.8, 4) is 0 Å². The summed E-state index contributed by atoms with van der Waals surface area (Å²) in [7, 11) is 0. The molecule has 0 bridgehead atoms. The average molecular weight is 284 g/mol. The molecule has 0 aromatic heterocycles. The van der Waals surface area contributed by atoms with Crippen LogP contribution in [-0.2, 0) is 14.3 Å². The fourth-order valence-electron chi connectivity index (χ4n) is 2.35. The van der Waals surface area contributed by atoms with E-state index in [9.17, 15) is 14.4 Å². The molecule has 6 nitrogen and oxygen atoms in total. The number of imide groups is 1.